The molecule has 3 N–H and O–H groups in total. The van der Waals surface area contributed by atoms with Crippen LogP contribution in [0, 0.1) is 5.92 Å². The zero-order valence-corrected chi connectivity index (χ0v) is 13.5. The minimum atomic E-state index is -4.31. The van der Waals surface area contributed by atoms with Gasteiger partial charge in [0.15, 0.2) is 0 Å². The maximum Gasteiger partial charge on any atom is 0.393 e. The molecule has 0 spiro atoms. The largest absolute Gasteiger partial charge is 0.393 e. The lowest BCUT2D eigenvalue weighted by Gasteiger charge is -2.23. The molecule has 23 heavy (non-hydrogen) atoms. The lowest BCUT2D eigenvalue weighted by atomic mass is 9.99. The summed E-state index contributed by atoms with van der Waals surface area (Å²) in [6.07, 6.45) is -1.38. The predicted octanol–water partition coefficient (Wildman–Crippen LogP) is 2.59. The molecule has 1 aromatic rings. The van der Waals surface area contributed by atoms with E-state index in [1.54, 1.807) is 0 Å². The third-order valence-electron chi connectivity index (χ3n) is 4.17. The highest BCUT2D eigenvalue weighted by molar-refractivity contribution is 7.89. The molecule has 1 atom stereocenters. The first-order valence-corrected chi connectivity index (χ1v) is 9.08. The number of rotatable bonds is 6. The van der Waals surface area contributed by atoms with Crippen LogP contribution in [0.15, 0.2) is 29.2 Å². The minimum Gasteiger partial charge on any atom is -0.329 e. The maximum absolute atomic E-state index is 12.4. The van der Waals surface area contributed by atoms with Crippen molar-refractivity contribution in [3.63, 3.8) is 0 Å². The standard InChI is InChI=1S/C15H21F3N2O2S/c16-15(17,18)9-11-5-7-13(8-6-11)23(21,22)20-14(10-19)12-3-1-2-4-12/h5-8,12,14,20H,1-4,9-10,19H2. The van der Waals surface area contributed by atoms with E-state index in [-0.39, 0.29) is 29.0 Å². The average molecular weight is 350 g/mol. The van der Waals surface area contributed by atoms with Gasteiger partial charge in [0.2, 0.25) is 10.0 Å². The summed E-state index contributed by atoms with van der Waals surface area (Å²) in [4.78, 5) is -0.0418. The van der Waals surface area contributed by atoms with Gasteiger partial charge in [0, 0.05) is 12.6 Å². The summed E-state index contributed by atoms with van der Waals surface area (Å²) < 4.78 is 64.3. The Hall–Kier alpha value is -1.12. The molecule has 0 bridgehead atoms. The molecule has 1 unspecified atom stereocenters. The smallest absolute Gasteiger partial charge is 0.329 e. The Morgan fingerprint density at radius 1 is 1.17 bits per heavy atom. The summed E-state index contributed by atoms with van der Waals surface area (Å²) in [6, 6.07) is 4.44. The summed E-state index contributed by atoms with van der Waals surface area (Å²) in [7, 11) is -3.78. The van der Waals surface area contributed by atoms with Crippen LogP contribution in [0.1, 0.15) is 31.2 Å². The third kappa shape index (κ3) is 5.19. The molecule has 0 radical (unpaired) electrons. The fourth-order valence-electron chi connectivity index (χ4n) is 2.98. The lowest BCUT2D eigenvalue weighted by Crippen LogP contribution is -2.44. The highest BCUT2D eigenvalue weighted by atomic mass is 32.2. The molecule has 0 saturated heterocycles. The molecule has 1 saturated carbocycles. The molecule has 4 nitrogen and oxygen atoms in total. The van der Waals surface area contributed by atoms with Crippen LogP contribution in [0.2, 0.25) is 0 Å². The second-order valence-corrected chi connectivity index (χ2v) is 7.66. The Balaban J connectivity index is 2.09. The predicted molar refractivity (Wildman–Crippen MR) is 81.3 cm³/mol. The zero-order chi connectivity index (χ0) is 17.1. The van der Waals surface area contributed by atoms with Gasteiger partial charge < -0.3 is 5.73 Å². The Morgan fingerprint density at radius 2 is 1.74 bits per heavy atom. The van der Waals surface area contributed by atoms with Crippen LogP contribution in [0.3, 0.4) is 0 Å². The first-order valence-electron chi connectivity index (χ1n) is 7.59. The topological polar surface area (TPSA) is 72.2 Å². The molecule has 130 valence electrons. The molecule has 2 rings (SSSR count). The van der Waals surface area contributed by atoms with Crippen LogP contribution in [-0.4, -0.2) is 27.2 Å². The number of hydrogen-bond donors (Lipinski definition) is 2. The molecule has 1 aromatic carbocycles. The molecular formula is C15H21F3N2O2S. The molecular weight excluding hydrogens is 329 g/mol. The van der Waals surface area contributed by atoms with Crippen molar-refractivity contribution in [2.45, 2.75) is 49.2 Å². The molecule has 0 heterocycles. The van der Waals surface area contributed by atoms with Crippen molar-refractivity contribution >= 4 is 10.0 Å². The molecule has 0 aliphatic heterocycles. The van der Waals surface area contributed by atoms with E-state index in [1.165, 1.54) is 24.3 Å². The molecule has 0 aromatic heterocycles. The highest BCUT2D eigenvalue weighted by Gasteiger charge is 2.29. The van der Waals surface area contributed by atoms with Gasteiger partial charge in [-0.15, -0.1) is 0 Å². The van der Waals surface area contributed by atoms with Crippen molar-refractivity contribution in [3.05, 3.63) is 29.8 Å². The summed E-state index contributed by atoms with van der Waals surface area (Å²) in [6.45, 7) is 0.204. The first kappa shape index (κ1) is 18.2. The summed E-state index contributed by atoms with van der Waals surface area (Å²) in [5, 5.41) is 0. The quantitative estimate of drug-likeness (QED) is 0.828. The van der Waals surface area contributed by atoms with E-state index in [4.69, 9.17) is 5.73 Å². The van der Waals surface area contributed by atoms with Gasteiger partial charge in [0.25, 0.3) is 0 Å². The van der Waals surface area contributed by atoms with Gasteiger partial charge in [-0.05, 0) is 36.5 Å². The van der Waals surface area contributed by atoms with E-state index in [1.807, 2.05) is 0 Å². The third-order valence-corrected chi connectivity index (χ3v) is 5.67. The summed E-state index contributed by atoms with van der Waals surface area (Å²) >= 11 is 0. The van der Waals surface area contributed by atoms with Gasteiger partial charge in [0.1, 0.15) is 0 Å². The number of nitrogens with one attached hydrogen (secondary N) is 1. The van der Waals surface area contributed by atoms with E-state index >= 15 is 0 Å². The van der Waals surface area contributed by atoms with Crippen LogP contribution in [0.5, 0.6) is 0 Å². The Labute approximate surface area is 134 Å². The van der Waals surface area contributed by atoms with Gasteiger partial charge in [-0.2, -0.15) is 13.2 Å². The van der Waals surface area contributed by atoms with E-state index < -0.39 is 22.6 Å². The van der Waals surface area contributed by atoms with Crippen molar-refractivity contribution in [1.29, 1.82) is 0 Å². The van der Waals surface area contributed by atoms with Gasteiger partial charge in [-0.25, -0.2) is 13.1 Å². The molecule has 1 fully saturated rings. The summed E-state index contributed by atoms with van der Waals surface area (Å²) in [5.74, 6) is 0.222. The van der Waals surface area contributed by atoms with Crippen molar-refractivity contribution in [1.82, 2.24) is 4.72 Å². The minimum absolute atomic E-state index is 0.0302. The second-order valence-electron chi connectivity index (χ2n) is 5.94. The van der Waals surface area contributed by atoms with Gasteiger partial charge in [-0.3, -0.25) is 0 Å². The SMILES string of the molecule is NCC(NS(=O)(=O)c1ccc(CC(F)(F)F)cc1)C1CCCC1. The monoisotopic (exact) mass is 350 g/mol. The fourth-order valence-corrected chi connectivity index (χ4v) is 4.30. The average Bonchev–Trinajstić information content (AvgIpc) is 2.97. The Morgan fingerprint density at radius 3 is 2.22 bits per heavy atom. The normalized spacial score (nSPS) is 18.3. The number of nitrogens with two attached hydrogens (primary N) is 1. The van der Waals surface area contributed by atoms with E-state index in [2.05, 4.69) is 4.72 Å². The van der Waals surface area contributed by atoms with Gasteiger partial charge in [-0.1, -0.05) is 25.0 Å². The Bertz CT molecular complexity index is 609. The van der Waals surface area contributed by atoms with E-state index in [0.29, 0.717) is 0 Å². The summed E-state index contributed by atoms with van der Waals surface area (Å²) in [5.41, 5.74) is 5.71. The molecule has 1 aliphatic carbocycles. The zero-order valence-electron chi connectivity index (χ0n) is 12.6. The van der Waals surface area contributed by atoms with Gasteiger partial charge >= 0.3 is 6.18 Å². The van der Waals surface area contributed by atoms with Crippen molar-refractivity contribution in [2.75, 3.05) is 6.54 Å². The molecule has 1 aliphatic rings. The van der Waals surface area contributed by atoms with Crippen LogP contribution in [-0.2, 0) is 16.4 Å². The Kier molecular flexibility index (Phi) is 5.70. The molecule has 8 heteroatoms. The number of alkyl halides is 3. The lowest BCUT2D eigenvalue weighted by molar-refractivity contribution is -0.127. The number of halogens is 3. The second kappa shape index (κ2) is 7.19. The van der Waals surface area contributed by atoms with Crippen molar-refractivity contribution < 1.29 is 21.6 Å². The highest BCUT2D eigenvalue weighted by Crippen LogP contribution is 2.28. The van der Waals surface area contributed by atoms with Crippen LogP contribution >= 0.6 is 0 Å². The first-order chi connectivity index (χ1) is 10.7. The van der Waals surface area contributed by atoms with E-state index in [0.717, 1.165) is 25.7 Å². The maximum atomic E-state index is 12.4. The van der Waals surface area contributed by atoms with Crippen molar-refractivity contribution in [2.24, 2.45) is 11.7 Å². The number of benzene rings is 1. The van der Waals surface area contributed by atoms with E-state index in [9.17, 15) is 21.6 Å². The van der Waals surface area contributed by atoms with Crippen LogP contribution in [0.25, 0.3) is 0 Å². The number of sulfonamides is 1. The van der Waals surface area contributed by atoms with Crippen LogP contribution in [0.4, 0.5) is 13.2 Å². The van der Waals surface area contributed by atoms with Crippen molar-refractivity contribution in [3.8, 4) is 0 Å². The van der Waals surface area contributed by atoms with Gasteiger partial charge in [0.05, 0.1) is 11.3 Å². The fraction of sp³-hybridized carbons (Fsp3) is 0.600. The van der Waals surface area contributed by atoms with Crippen LogP contribution < -0.4 is 10.5 Å². The molecule has 0 amide bonds. The number of hydrogen-bond acceptors (Lipinski definition) is 3.